The summed E-state index contributed by atoms with van der Waals surface area (Å²) in [6, 6.07) is 16.1. The Balaban J connectivity index is 1.29. The molecule has 30 heavy (non-hydrogen) atoms. The molecule has 158 valence electrons. The Morgan fingerprint density at radius 2 is 1.87 bits per heavy atom. The minimum atomic E-state index is -0.171. The normalized spacial score (nSPS) is 16.0. The van der Waals surface area contributed by atoms with Gasteiger partial charge in [0.05, 0.1) is 0 Å². The van der Waals surface area contributed by atoms with E-state index in [4.69, 9.17) is 4.42 Å². The average molecular weight is 407 g/mol. The van der Waals surface area contributed by atoms with Gasteiger partial charge in [-0.3, -0.25) is 4.90 Å². The molecule has 0 atom stereocenters. The summed E-state index contributed by atoms with van der Waals surface area (Å²) in [6.45, 7) is 9.13. The molecule has 6 nitrogen and oxygen atoms in total. The number of fused-ring (bicyclic) bond motifs is 1. The van der Waals surface area contributed by atoms with Gasteiger partial charge >= 0.3 is 6.03 Å². The zero-order valence-electron chi connectivity index (χ0n) is 17.9. The molecule has 0 spiro atoms. The van der Waals surface area contributed by atoms with Crippen LogP contribution in [0.2, 0.25) is 0 Å². The molecule has 1 aliphatic heterocycles. The number of carbonyl (C=O) groups excluding carboxylic acids is 1. The van der Waals surface area contributed by atoms with Gasteiger partial charge in [0.1, 0.15) is 5.52 Å². The van der Waals surface area contributed by atoms with Crippen molar-refractivity contribution >= 4 is 22.8 Å². The van der Waals surface area contributed by atoms with Gasteiger partial charge in [-0.1, -0.05) is 51.1 Å². The number of hydrogen-bond acceptors (Lipinski definition) is 4. The van der Waals surface area contributed by atoms with Crippen LogP contribution in [-0.4, -0.2) is 35.0 Å². The first kappa shape index (κ1) is 20.4. The van der Waals surface area contributed by atoms with Crippen molar-refractivity contribution in [3.05, 3.63) is 60.0 Å². The van der Waals surface area contributed by atoms with Crippen LogP contribution < -0.4 is 10.6 Å². The molecule has 2 heterocycles. The lowest BCUT2D eigenvalue weighted by Crippen LogP contribution is -2.45. The summed E-state index contributed by atoms with van der Waals surface area (Å²) < 4.78 is 5.82. The van der Waals surface area contributed by atoms with Crippen LogP contribution in [0.15, 0.2) is 52.9 Å². The number of carbonyl (C=O) groups is 1. The van der Waals surface area contributed by atoms with Crippen molar-refractivity contribution in [1.29, 1.82) is 0 Å². The van der Waals surface area contributed by atoms with E-state index in [2.05, 4.69) is 65.6 Å². The third-order valence-electron chi connectivity index (χ3n) is 5.46. The Labute approximate surface area is 177 Å². The molecular formula is C24H30N4O2. The Morgan fingerprint density at radius 1 is 1.13 bits per heavy atom. The van der Waals surface area contributed by atoms with Crippen molar-refractivity contribution in [3.63, 3.8) is 0 Å². The summed E-state index contributed by atoms with van der Waals surface area (Å²) >= 11 is 0. The lowest BCUT2D eigenvalue weighted by Gasteiger charge is -2.32. The Kier molecular flexibility index (Phi) is 5.77. The van der Waals surface area contributed by atoms with Gasteiger partial charge in [0.2, 0.25) is 5.89 Å². The number of urea groups is 1. The summed E-state index contributed by atoms with van der Waals surface area (Å²) in [4.78, 5) is 19.5. The van der Waals surface area contributed by atoms with E-state index >= 15 is 0 Å². The fraction of sp³-hybridized carbons (Fsp3) is 0.417. The van der Waals surface area contributed by atoms with Gasteiger partial charge < -0.3 is 15.1 Å². The molecule has 0 bridgehead atoms. The smallest absolute Gasteiger partial charge is 0.319 e. The minimum Gasteiger partial charge on any atom is -0.440 e. The van der Waals surface area contributed by atoms with Crippen LogP contribution in [-0.2, 0) is 12.0 Å². The molecule has 0 saturated carbocycles. The van der Waals surface area contributed by atoms with Crippen LogP contribution in [0, 0.1) is 0 Å². The van der Waals surface area contributed by atoms with Crippen molar-refractivity contribution in [2.24, 2.45) is 0 Å². The zero-order valence-corrected chi connectivity index (χ0v) is 17.9. The summed E-state index contributed by atoms with van der Waals surface area (Å²) in [5.41, 5.74) is 3.39. The number of anilines is 1. The second kappa shape index (κ2) is 8.48. The Morgan fingerprint density at radius 3 is 2.57 bits per heavy atom. The first-order chi connectivity index (χ1) is 14.4. The highest BCUT2D eigenvalue weighted by atomic mass is 16.3. The molecule has 1 fully saturated rings. The standard InChI is InChI=1S/C24H30N4O2/c1-24(2,3)22-27-20-15-19(9-10-21(20)30-22)26-23(29)25-18-11-13-28(14-12-18)16-17-7-5-4-6-8-17/h4-10,15,18H,11-14,16H2,1-3H3,(H2,25,26,29). The highest BCUT2D eigenvalue weighted by Crippen LogP contribution is 2.27. The first-order valence-electron chi connectivity index (χ1n) is 10.6. The summed E-state index contributed by atoms with van der Waals surface area (Å²) in [6.07, 6.45) is 1.91. The third kappa shape index (κ3) is 5.00. The Hall–Kier alpha value is -2.86. The molecule has 1 aliphatic rings. The second-order valence-electron chi connectivity index (χ2n) is 9.09. The SMILES string of the molecule is CC(C)(C)c1nc2cc(NC(=O)NC3CCN(Cc4ccccc4)CC3)ccc2o1. The molecule has 2 aromatic carbocycles. The second-order valence-corrected chi connectivity index (χ2v) is 9.09. The number of aromatic nitrogens is 1. The van der Waals surface area contributed by atoms with Crippen LogP contribution in [0.1, 0.15) is 45.1 Å². The maximum absolute atomic E-state index is 12.5. The van der Waals surface area contributed by atoms with Crippen molar-refractivity contribution < 1.29 is 9.21 Å². The molecule has 1 aromatic heterocycles. The lowest BCUT2D eigenvalue weighted by molar-refractivity contribution is 0.190. The van der Waals surface area contributed by atoms with E-state index in [0.717, 1.165) is 49.3 Å². The van der Waals surface area contributed by atoms with E-state index in [-0.39, 0.29) is 17.5 Å². The number of likely N-dealkylation sites (tertiary alicyclic amines) is 1. The van der Waals surface area contributed by atoms with Gasteiger partial charge in [-0.05, 0) is 36.6 Å². The molecule has 0 radical (unpaired) electrons. The molecule has 0 aliphatic carbocycles. The lowest BCUT2D eigenvalue weighted by atomic mass is 9.97. The minimum absolute atomic E-state index is 0.153. The molecule has 1 saturated heterocycles. The summed E-state index contributed by atoms with van der Waals surface area (Å²) in [5.74, 6) is 0.696. The number of nitrogens with zero attached hydrogens (tertiary/aromatic N) is 2. The maximum Gasteiger partial charge on any atom is 0.319 e. The van der Waals surface area contributed by atoms with E-state index in [1.807, 2.05) is 24.3 Å². The van der Waals surface area contributed by atoms with Crippen LogP contribution >= 0.6 is 0 Å². The predicted molar refractivity (Wildman–Crippen MR) is 120 cm³/mol. The van der Waals surface area contributed by atoms with Gasteiger partial charge in [0.15, 0.2) is 5.58 Å². The number of nitrogens with one attached hydrogen (secondary N) is 2. The van der Waals surface area contributed by atoms with E-state index in [1.165, 1.54) is 5.56 Å². The highest BCUT2D eigenvalue weighted by molar-refractivity contribution is 5.91. The van der Waals surface area contributed by atoms with E-state index in [1.54, 1.807) is 0 Å². The van der Waals surface area contributed by atoms with Gasteiger partial charge in [0, 0.05) is 36.8 Å². The number of piperidine rings is 1. The van der Waals surface area contributed by atoms with Crippen LogP contribution in [0.4, 0.5) is 10.5 Å². The van der Waals surface area contributed by atoms with Crippen LogP contribution in [0.3, 0.4) is 0 Å². The maximum atomic E-state index is 12.5. The van der Waals surface area contributed by atoms with Gasteiger partial charge in [0.25, 0.3) is 0 Å². The molecular weight excluding hydrogens is 376 g/mol. The molecule has 0 unspecified atom stereocenters. The molecule has 2 N–H and O–H groups in total. The van der Waals surface area contributed by atoms with E-state index in [0.29, 0.717) is 5.89 Å². The third-order valence-corrected chi connectivity index (χ3v) is 5.46. The number of rotatable bonds is 4. The number of hydrogen-bond donors (Lipinski definition) is 2. The van der Waals surface area contributed by atoms with Crippen molar-refractivity contribution in [2.45, 2.75) is 51.6 Å². The molecule has 3 aromatic rings. The van der Waals surface area contributed by atoms with Gasteiger partial charge in [-0.15, -0.1) is 0 Å². The predicted octanol–water partition coefficient (Wildman–Crippen LogP) is 4.91. The first-order valence-corrected chi connectivity index (χ1v) is 10.6. The average Bonchev–Trinajstić information content (AvgIpc) is 3.14. The van der Waals surface area contributed by atoms with Crippen molar-refractivity contribution in [2.75, 3.05) is 18.4 Å². The van der Waals surface area contributed by atoms with E-state index < -0.39 is 0 Å². The molecule has 6 heteroatoms. The summed E-state index contributed by atoms with van der Waals surface area (Å²) in [5, 5.41) is 6.04. The van der Waals surface area contributed by atoms with E-state index in [9.17, 15) is 4.79 Å². The Bertz CT molecular complexity index is 999. The van der Waals surface area contributed by atoms with Gasteiger partial charge in [-0.25, -0.2) is 9.78 Å². The molecule has 4 rings (SSSR count). The van der Waals surface area contributed by atoms with Crippen molar-refractivity contribution in [3.8, 4) is 0 Å². The van der Waals surface area contributed by atoms with Crippen LogP contribution in [0.25, 0.3) is 11.1 Å². The number of oxazole rings is 1. The van der Waals surface area contributed by atoms with Crippen LogP contribution in [0.5, 0.6) is 0 Å². The number of benzene rings is 2. The largest absolute Gasteiger partial charge is 0.440 e. The summed E-state index contributed by atoms with van der Waals surface area (Å²) in [7, 11) is 0. The van der Waals surface area contributed by atoms with Gasteiger partial charge in [-0.2, -0.15) is 0 Å². The fourth-order valence-corrected chi connectivity index (χ4v) is 3.76. The van der Waals surface area contributed by atoms with Crippen molar-refractivity contribution in [1.82, 2.24) is 15.2 Å². The molecule has 2 amide bonds. The topological polar surface area (TPSA) is 70.4 Å². The fourth-order valence-electron chi connectivity index (χ4n) is 3.76. The number of amides is 2. The quantitative estimate of drug-likeness (QED) is 0.646. The highest BCUT2D eigenvalue weighted by Gasteiger charge is 2.22. The monoisotopic (exact) mass is 406 g/mol. The zero-order chi connectivity index (χ0) is 21.1.